The summed E-state index contributed by atoms with van der Waals surface area (Å²) in [7, 11) is 1.87. The number of para-hydroxylation sites is 1. The number of hydrogen-bond donors (Lipinski definition) is 2. The molecule has 3 aromatic rings. The van der Waals surface area contributed by atoms with Crippen LogP contribution in [-0.2, 0) is 9.53 Å². The van der Waals surface area contributed by atoms with Gasteiger partial charge in [0.05, 0.1) is 31.1 Å². The van der Waals surface area contributed by atoms with Gasteiger partial charge in [-0.15, -0.1) is 0 Å². The molecular weight excluding hydrogens is 430 g/mol. The monoisotopic (exact) mass is 461 g/mol. The highest BCUT2D eigenvalue weighted by atomic mass is 16.5. The zero-order chi connectivity index (χ0) is 23.8. The van der Waals surface area contributed by atoms with Crippen LogP contribution in [0.3, 0.4) is 0 Å². The van der Waals surface area contributed by atoms with Crippen LogP contribution in [0.15, 0.2) is 66.9 Å². The summed E-state index contributed by atoms with van der Waals surface area (Å²) in [5.41, 5.74) is 9.02. The maximum absolute atomic E-state index is 12.2. The second kappa shape index (κ2) is 11.7. The first kappa shape index (κ1) is 23.8. The molecule has 0 bridgehead atoms. The predicted molar refractivity (Wildman–Crippen MR) is 134 cm³/mol. The van der Waals surface area contributed by atoms with Crippen LogP contribution in [0.2, 0.25) is 0 Å². The largest absolute Gasteiger partial charge is 0.379 e. The van der Waals surface area contributed by atoms with E-state index in [1.54, 1.807) is 6.20 Å². The summed E-state index contributed by atoms with van der Waals surface area (Å²) in [5.74, 6) is 0.531. The number of carbonyl (C=O) groups excluding carboxylic acids is 1. The third kappa shape index (κ3) is 6.15. The molecule has 0 saturated carbocycles. The van der Waals surface area contributed by atoms with Crippen LogP contribution in [0, 0.1) is 0 Å². The Bertz CT molecular complexity index is 1060. The molecule has 0 unspecified atom stereocenters. The summed E-state index contributed by atoms with van der Waals surface area (Å²) in [6, 6.07) is 19.7. The maximum atomic E-state index is 12.2. The average molecular weight is 462 g/mol. The number of amides is 1. The smallest absolute Gasteiger partial charge is 0.245 e. The highest BCUT2D eigenvalue weighted by molar-refractivity contribution is 5.92. The van der Waals surface area contributed by atoms with Gasteiger partial charge in [0.25, 0.3) is 0 Å². The molecule has 1 saturated heterocycles. The number of nitrogens with zero attached hydrogens (tertiary/aromatic N) is 5. The number of carbonyl (C=O) groups is 1. The van der Waals surface area contributed by atoms with Gasteiger partial charge in [0.15, 0.2) is 0 Å². The molecule has 9 nitrogen and oxygen atoms in total. The fraction of sp³-hybridized carbons (Fsp3) is 0.320. The van der Waals surface area contributed by atoms with Gasteiger partial charge >= 0.3 is 0 Å². The highest BCUT2D eigenvalue weighted by Crippen LogP contribution is 2.27. The first-order chi connectivity index (χ1) is 16.6. The van der Waals surface area contributed by atoms with E-state index in [1.165, 1.54) is 0 Å². The molecule has 9 heteroatoms. The van der Waals surface area contributed by atoms with Gasteiger partial charge in [-0.2, -0.15) is 0 Å². The van der Waals surface area contributed by atoms with Crippen molar-refractivity contribution in [3.05, 3.63) is 66.9 Å². The minimum absolute atomic E-state index is 0.0722. The van der Waals surface area contributed by atoms with E-state index in [0.29, 0.717) is 38.8 Å². The molecule has 1 aromatic heterocycles. The zero-order valence-corrected chi connectivity index (χ0v) is 19.4. The normalized spacial score (nSPS) is 14.2. The summed E-state index contributed by atoms with van der Waals surface area (Å²) in [4.78, 5) is 23.6. The standard InChI is InChI=1S/C25H31N7O2/c1-30(14-12-26)19-24(33)28-21-9-7-20(8-10-21)23-11-13-27-25(29-23)32(22-5-3-2-4-6-22)31-15-17-34-18-16-31/h2-11,13H,12,14-19,26H2,1H3,(H,28,33). The number of likely N-dealkylation sites (N-methyl/N-ethyl adjacent to an activating group) is 1. The SMILES string of the molecule is CN(CCN)CC(=O)Nc1ccc(-c2ccnc(N(c3ccccc3)N3CCOCC3)n2)cc1. The number of hydrogen-bond acceptors (Lipinski definition) is 8. The molecule has 0 radical (unpaired) electrons. The average Bonchev–Trinajstić information content (AvgIpc) is 2.86. The molecule has 2 aromatic carbocycles. The predicted octanol–water partition coefficient (Wildman–Crippen LogP) is 2.36. The molecule has 4 rings (SSSR count). The molecule has 0 spiro atoms. The lowest BCUT2D eigenvalue weighted by atomic mass is 10.1. The summed E-state index contributed by atoms with van der Waals surface area (Å²) in [5, 5.41) is 7.18. The number of nitrogens with one attached hydrogen (secondary N) is 1. The Hall–Kier alpha value is -3.37. The van der Waals surface area contributed by atoms with Gasteiger partial charge in [-0.1, -0.05) is 30.3 Å². The maximum Gasteiger partial charge on any atom is 0.245 e. The Balaban J connectivity index is 1.52. The van der Waals surface area contributed by atoms with Gasteiger partial charge in [0.1, 0.15) is 0 Å². The number of rotatable bonds is 9. The van der Waals surface area contributed by atoms with E-state index in [2.05, 4.69) is 20.3 Å². The van der Waals surface area contributed by atoms with Crippen LogP contribution in [0.1, 0.15) is 0 Å². The van der Waals surface area contributed by atoms with Crippen molar-refractivity contribution in [2.45, 2.75) is 0 Å². The first-order valence-electron chi connectivity index (χ1n) is 11.4. The second-order valence-corrected chi connectivity index (χ2v) is 8.11. The molecular formula is C25H31N7O2. The first-order valence-corrected chi connectivity index (χ1v) is 11.4. The highest BCUT2D eigenvalue weighted by Gasteiger charge is 2.23. The summed E-state index contributed by atoms with van der Waals surface area (Å²) < 4.78 is 5.54. The van der Waals surface area contributed by atoms with E-state index < -0.39 is 0 Å². The van der Waals surface area contributed by atoms with Crippen LogP contribution in [0.5, 0.6) is 0 Å². The van der Waals surface area contributed by atoms with Crippen molar-refractivity contribution in [3.63, 3.8) is 0 Å². The molecule has 1 aliphatic rings. The van der Waals surface area contributed by atoms with Gasteiger partial charge in [-0.05, 0) is 37.4 Å². The van der Waals surface area contributed by atoms with Crippen molar-refractivity contribution in [2.24, 2.45) is 5.73 Å². The van der Waals surface area contributed by atoms with Crippen LogP contribution < -0.4 is 16.1 Å². The molecule has 34 heavy (non-hydrogen) atoms. The van der Waals surface area contributed by atoms with Crippen LogP contribution in [-0.4, -0.2) is 78.8 Å². The minimum Gasteiger partial charge on any atom is -0.379 e. The summed E-state index contributed by atoms with van der Waals surface area (Å²) in [6.07, 6.45) is 1.77. The third-order valence-corrected chi connectivity index (χ3v) is 5.49. The van der Waals surface area contributed by atoms with Crippen molar-refractivity contribution >= 4 is 23.2 Å². The van der Waals surface area contributed by atoms with Crippen molar-refractivity contribution in [2.75, 3.05) is 63.3 Å². The topological polar surface area (TPSA) is 99.8 Å². The van der Waals surface area contributed by atoms with Gasteiger partial charge in [-0.25, -0.2) is 20.0 Å². The molecule has 2 heterocycles. The van der Waals surface area contributed by atoms with E-state index >= 15 is 0 Å². The lowest BCUT2D eigenvalue weighted by Gasteiger charge is -2.37. The van der Waals surface area contributed by atoms with Crippen molar-refractivity contribution in [1.82, 2.24) is 19.9 Å². The van der Waals surface area contributed by atoms with E-state index in [1.807, 2.05) is 72.6 Å². The molecule has 0 atom stereocenters. The Labute approximate surface area is 200 Å². The van der Waals surface area contributed by atoms with E-state index in [4.69, 9.17) is 15.5 Å². The Morgan fingerprint density at radius 3 is 2.53 bits per heavy atom. The number of nitrogens with two attached hydrogens (primary N) is 1. The number of hydrazine groups is 1. The number of ether oxygens (including phenoxy) is 1. The zero-order valence-electron chi connectivity index (χ0n) is 19.4. The van der Waals surface area contributed by atoms with Crippen LogP contribution >= 0.6 is 0 Å². The summed E-state index contributed by atoms with van der Waals surface area (Å²) in [6.45, 7) is 4.34. The fourth-order valence-corrected chi connectivity index (χ4v) is 3.81. The minimum atomic E-state index is -0.0722. The Morgan fingerprint density at radius 1 is 1.09 bits per heavy atom. The molecule has 1 aliphatic heterocycles. The Morgan fingerprint density at radius 2 is 1.82 bits per heavy atom. The van der Waals surface area contributed by atoms with Gasteiger partial charge in [0.2, 0.25) is 11.9 Å². The molecule has 178 valence electrons. The molecule has 0 aliphatic carbocycles. The lowest BCUT2D eigenvalue weighted by molar-refractivity contribution is -0.117. The molecule has 1 fully saturated rings. The van der Waals surface area contributed by atoms with Gasteiger partial charge in [-0.3, -0.25) is 9.69 Å². The molecule has 1 amide bonds. The molecule has 3 N–H and O–H groups in total. The van der Waals surface area contributed by atoms with E-state index in [-0.39, 0.29) is 5.91 Å². The number of anilines is 3. The quantitative estimate of drug-likeness (QED) is 0.501. The lowest BCUT2D eigenvalue weighted by Crippen LogP contribution is -2.47. The number of aromatic nitrogens is 2. The van der Waals surface area contributed by atoms with E-state index in [0.717, 1.165) is 35.7 Å². The number of benzene rings is 2. The second-order valence-electron chi connectivity index (χ2n) is 8.11. The van der Waals surface area contributed by atoms with Crippen molar-refractivity contribution in [1.29, 1.82) is 0 Å². The van der Waals surface area contributed by atoms with Gasteiger partial charge in [0, 0.05) is 43.6 Å². The van der Waals surface area contributed by atoms with Gasteiger partial charge < -0.3 is 15.8 Å². The third-order valence-electron chi connectivity index (χ3n) is 5.49. The van der Waals surface area contributed by atoms with Crippen LogP contribution in [0.4, 0.5) is 17.3 Å². The number of morpholine rings is 1. The van der Waals surface area contributed by atoms with Crippen molar-refractivity contribution < 1.29 is 9.53 Å². The fourth-order valence-electron chi connectivity index (χ4n) is 3.81. The van der Waals surface area contributed by atoms with Crippen molar-refractivity contribution in [3.8, 4) is 11.3 Å². The summed E-state index contributed by atoms with van der Waals surface area (Å²) >= 11 is 0. The van der Waals surface area contributed by atoms with Crippen LogP contribution in [0.25, 0.3) is 11.3 Å². The van der Waals surface area contributed by atoms with E-state index in [9.17, 15) is 4.79 Å². The Kier molecular flexibility index (Phi) is 8.16.